The summed E-state index contributed by atoms with van der Waals surface area (Å²) in [5.41, 5.74) is 1.78. The molecule has 2 amide bonds. The summed E-state index contributed by atoms with van der Waals surface area (Å²) in [5.74, 6) is -1.00. The molecule has 1 aliphatic rings. The first-order valence-electron chi connectivity index (χ1n) is 8.98. The first-order valence-corrected chi connectivity index (χ1v) is 8.98. The van der Waals surface area contributed by atoms with Gasteiger partial charge in [-0.1, -0.05) is 42.5 Å². The molecule has 0 saturated carbocycles. The average molecular weight is 366 g/mol. The predicted octanol–water partition coefficient (Wildman–Crippen LogP) is 2.68. The van der Waals surface area contributed by atoms with Crippen LogP contribution >= 0.6 is 0 Å². The molecule has 0 bridgehead atoms. The number of carbonyl (C=O) groups excluding carboxylic acids is 3. The summed E-state index contributed by atoms with van der Waals surface area (Å²) in [6.07, 6.45) is 0.297. The van der Waals surface area contributed by atoms with Crippen LogP contribution in [0.5, 0.6) is 0 Å². The molecule has 3 rings (SSSR count). The zero-order chi connectivity index (χ0) is 19.2. The SMILES string of the molecule is C[C@H](OC(=O)c1ccccc1N1CCCC1=O)C(=O)NCc1ccccc1. The second kappa shape index (κ2) is 8.49. The lowest BCUT2D eigenvalue weighted by molar-refractivity contribution is -0.129. The highest BCUT2D eigenvalue weighted by Gasteiger charge is 2.27. The van der Waals surface area contributed by atoms with Gasteiger partial charge in [-0.05, 0) is 31.0 Å². The zero-order valence-electron chi connectivity index (χ0n) is 15.2. The van der Waals surface area contributed by atoms with E-state index in [1.807, 2.05) is 30.3 Å². The minimum Gasteiger partial charge on any atom is -0.449 e. The fraction of sp³-hybridized carbons (Fsp3) is 0.286. The number of benzene rings is 2. The maximum Gasteiger partial charge on any atom is 0.341 e. The van der Waals surface area contributed by atoms with Gasteiger partial charge in [0, 0.05) is 19.5 Å². The van der Waals surface area contributed by atoms with Gasteiger partial charge in [0.15, 0.2) is 6.10 Å². The van der Waals surface area contributed by atoms with Gasteiger partial charge in [0.05, 0.1) is 11.3 Å². The smallest absolute Gasteiger partial charge is 0.341 e. The highest BCUT2D eigenvalue weighted by molar-refractivity contribution is 6.04. The van der Waals surface area contributed by atoms with Crippen molar-refractivity contribution in [2.45, 2.75) is 32.4 Å². The molecular formula is C21H22N2O4. The summed E-state index contributed by atoms with van der Waals surface area (Å²) in [7, 11) is 0. The molecule has 0 unspecified atom stereocenters. The van der Waals surface area contributed by atoms with Crippen molar-refractivity contribution in [1.82, 2.24) is 5.32 Å². The van der Waals surface area contributed by atoms with Crippen molar-refractivity contribution in [3.63, 3.8) is 0 Å². The van der Waals surface area contributed by atoms with Crippen LogP contribution in [0.4, 0.5) is 5.69 Å². The first-order chi connectivity index (χ1) is 13.1. The Balaban J connectivity index is 1.63. The summed E-state index contributed by atoms with van der Waals surface area (Å²) in [5, 5.41) is 2.75. The van der Waals surface area contributed by atoms with E-state index in [9.17, 15) is 14.4 Å². The van der Waals surface area contributed by atoms with Crippen LogP contribution in [0, 0.1) is 0 Å². The molecule has 1 atom stereocenters. The number of para-hydroxylation sites is 1. The molecule has 1 heterocycles. The second-order valence-electron chi connectivity index (χ2n) is 6.42. The van der Waals surface area contributed by atoms with Crippen LogP contribution < -0.4 is 10.2 Å². The van der Waals surface area contributed by atoms with E-state index >= 15 is 0 Å². The van der Waals surface area contributed by atoms with Crippen molar-refractivity contribution in [1.29, 1.82) is 0 Å². The number of hydrogen-bond donors (Lipinski definition) is 1. The normalized spacial score (nSPS) is 14.7. The highest BCUT2D eigenvalue weighted by atomic mass is 16.5. The Morgan fingerprint density at radius 3 is 2.52 bits per heavy atom. The largest absolute Gasteiger partial charge is 0.449 e. The van der Waals surface area contributed by atoms with Gasteiger partial charge in [-0.3, -0.25) is 9.59 Å². The molecule has 140 valence electrons. The van der Waals surface area contributed by atoms with E-state index < -0.39 is 12.1 Å². The molecule has 2 aromatic carbocycles. The highest BCUT2D eigenvalue weighted by Crippen LogP contribution is 2.26. The number of anilines is 1. The van der Waals surface area contributed by atoms with Gasteiger partial charge >= 0.3 is 5.97 Å². The van der Waals surface area contributed by atoms with Crippen LogP contribution in [0.1, 0.15) is 35.7 Å². The number of nitrogens with zero attached hydrogens (tertiary/aromatic N) is 1. The van der Waals surface area contributed by atoms with E-state index in [2.05, 4.69) is 5.32 Å². The van der Waals surface area contributed by atoms with Crippen molar-refractivity contribution in [2.75, 3.05) is 11.4 Å². The molecule has 0 radical (unpaired) electrons. The summed E-state index contributed by atoms with van der Waals surface area (Å²) < 4.78 is 5.33. The number of ether oxygens (including phenoxy) is 1. The number of esters is 1. The maximum atomic E-state index is 12.6. The van der Waals surface area contributed by atoms with Crippen molar-refractivity contribution in [2.24, 2.45) is 0 Å². The van der Waals surface area contributed by atoms with Crippen LogP contribution in [0.3, 0.4) is 0 Å². The summed E-state index contributed by atoms with van der Waals surface area (Å²) in [6, 6.07) is 16.3. The van der Waals surface area contributed by atoms with Gasteiger partial charge in [-0.25, -0.2) is 4.79 Å². The van der Waals surface area contributed by atoms with Crippen LogP contribution in [0.25, 0.3) is 0 Å². The number of hydrogen-bond acceptors (Lipinski definition) is 4. The quantitative estimate of drug-likeness (QED) is 0.798. The van der Waals surface area contributed by atoms with E-state index in [0.29, 0.717) is 25.2 Å². The molecule has 6 heteroatoms. The standard InChI is InChI=1S/C21H22N2O4/c1-15(20(25)22-14-16-8-3-2-4-9-16)27-21(26)17-10-5-6-11-18(17)23-13-7-12-19(23)24/h2-6,8-11,15H,7,12-14H2,1H3,(H,22,25)/t15-/m0/s1. The topological polar surface area (TPSA) is 75.7 Å². The third-order valence-corrected chi connectivity index (χ3v) is 4.45. The van der Waals surface area contributed by atoms with Crippen LogP contribution in [0.2, 0.25) is 0 Å². The minimum absolute atomic E-state index is 0.0103. The number of amides is 2. The fourth-order valence-electron chi connectivity index (χ4n) is 2.99. The zero-order valence-corrected chi connectivity index (χ0v) is 15.2. The van der Waals surface area contributed by atoms with Crippen LogP contribution in [-0.2, 0) is 20.9 Å². The lowest BCUT2D eigenvalue weighted by atomic mass is 10.1. The summed E-state index contributed by atoms with van der Waals surface area (Å²) >= 11 is 0. The molecule has 1 saturated heterocycles. The second-order valence-corrected chi connectivity index (χ2v) is 6.42. The monoisotopic (exact) mass is 366 g/mol. The first kappa shape index (κ1) is 18.6. The van der Waals surface area contributed by atoms with Crippen LogP contribution in [-0.4, -0.2) is 30.4 Å². The Labute approximate surface area is 158 Å². The number of carbonyl (C=O) groups is 3. The Kier molecular flexibility index (Phi) is 5.86. The Morgan fingerprint density at radius 1 is 1.11 bits per heavy atom. The molecule has 1 N–H and O–H groups in total. The summed E-state index contributed by atoms with van der Waals surface area (Å²) in [4.78, 5) is 38.4. The number of rotatable bonds is 6. The van der Waals surface area contributed by atoms with Gasteiger partial charge in [0.25, 0.3) is 5.91 Å². The fourth-order valence-corrected chi connectivity index (χ4v) is 2.99. The van der Waals surface area contributed by atoms with Gasteiger partial charge in [-0.2, -0.15) is 0 Å². The Bertz CT molecular complexity index is 835. The van der Waals surface area contributed by atoms with E-state index in [0.717, 1.165) is 12.0 Å². The van der Waals surface area contributed by atoms with Crippen molar-refractivity contribution in [3.05, 3.63) is 65.7 Å². The molecule has 0 aliphatic carbocycles. The van der Waals surface area contributed by atoms with Gasteiger partial charge in [0.1, 0.15) is 0 Å². The molecule has 2 aromatic rings. The van der Waals surface area contributed by atoms with E-state index in [-0.39, 0.29) is 17.4 Å². The lowest BCUT2D eigenvalue weighted by Crippen LogP contribution is -2.36. The molecular weight excluding hydrogens is 344 g/mol. The molecule has 0 spiro atoms. The van der Waals surface area contributed by atoms with Crippen molar-refractivity contribution >= 4 is 23.5 Å². The molecule has 1 fully saturated rings. The van der Waals surface area contributed by atoms with Crippen LogP contribution in [0.15, 0.2) is 54.6 Å². The maximum absolute atomic E-state index is 12.6. The van der Waals surface area contributed by atoms with E-state index in [1.54, 1.807) is 29.2 Å². The van der Waals surface area contributed by atoms with Crippen molar-refractivity contribution < 1.29 is 19.1 Å². The van der Waals surface area contributed by atoms with Crippen molar-refractivity contribution in [3.8, 4) is 0 Å². The van der Waals surface area contributed by atoms with Gasteiger partial charge in [-0.15, -0.1) is 0 Å². The molecule has 0 aromatic heterocycles. The lowest BCUT2D eigenvalue weighted by Gasteiger charge is -2.20. The predicted molar refractivity (Wildman–Crippen MR) is 101 cm³/mol. The van der Waals surface area contributed by atoms with E-state index in [4.69, 9.17) is 4.74 Å². The Morgan fingerprint density at radius 2 is 1.81 bits per heavy atom. The molecule has 6 nitrogen and oxygen atoms in total. The molecule has 1 aliphatic heterocycles. The van der Waals surface area contributed by atoms with E-state index in [1.165, 1.54) is 6.92 Å². The van der Waals surface area contributed by atoms with Gasteiger partial charge < -0.3 is 15.0 Å². The number of nitrogens with one attached hydrogen (secondary N) is 1. The Hall–Kier alpha value is -3.15. The average Bonchev–Trinajstić information content (AvgIpc) is 3.12. The third-order valence-electron chi connectivity index (χ3n) is 4.45. The molecule has 27 heavy (non-hydrogen) atoms. The summed E-state index contributed by atoms with van der Waals surface area (Å²) in [6.45, 7) is 2.47. The minimum atomic E-state index is -0.941. The third kappa shape index (κ3) is 4.53. The van der Waals surface area contributed by atoms with Gasteiger partial charge in [0.2, 0.25) is 5.91 Å².